The van der Waals surface area contributed by atoms with Gasteiger partial charge in [-0.25, -0.2) is 14.4 Å². The Hall–Kier alpha value is -3.92. The molecule has 0 aliphatic heterocycles. The van der Waals surface area contributed by atoms with Crippen LogP contribution in [0.1, 0.15) is 46.4 Å². The Bertz CT molecular complexity index is 1430. The van der Waals surface area contributed by atoms with Gasteiger partial charge in [0, 0.05) is 35.6 Å². The molecule has 37 heavy (non-hydrogen) atoms. The van der Waals surface area contributed by atoms with Crippen LogP contribution in [0.4, 0.5) is 4.39 Å². The first-order valence-electron chi connectivity index (χ1n) is 12.0. The van der Waals surface area contributed by atoms with E-state index in [1.54, 1.807) is 40.7 Å². The van der Waals surface area contributed by atoms with Crippen molar-refractivity contribution in [3.63, 3.8) is 0 Å². The van der Waals surface area contributed by atoms with Crippen molar-refractivity contribution < 1.29 is 18.7 Å². The highest BCUT2D eigenvalue weighted by molar-refractivity contribution is 7.98. The highest BCUT2D eigenvalue weighted by Crippen LogP contribution is 2.28. The van der Waals surface area contributed by atoms with Crippen molar-refractivity contribution >= 4 is 29.2 Å². The SMILES string of the molecule is CSc1cccc(Oc2ncc(F)cc2C(=O)NC2CCC(NC(=O)c3cccn4ccnc34)CC2)c1. The number of thioether (sulfide) groups is 1. The Balaban J connectivity index is 1.19. The number of ether oxygens (including phenoxy) is 1. The van der Waals surface area contributed by atoms with Crippen LogP contribution < -0.4 is 15.4 Å². The lowest BCUT2D eigenvalue weighted by molar-refractivity contribution is 0.0890. The minimum Gasteiger partial charge on any atom is -0.438 e. The van der Waals surface area contributed by atoms with Crippen molar-refractivity contribution in [2.45, 2.75) is 42.7 Å². The van der Waals surface area contributed by atoms with Crippen LogP contribution in [0.15, 0.2) is 72.1 Å². The molecular weight excluding hydrogens is 493 g/mol. The Kier molecular flexibility index (Phi) is 7.36. The van der Waals surface area contributed by atoms with Gasteiger partial charge in [-0.1, -0.05) is 6.07 Å². The number of nitrogens with one attached hydrogen (secondary N) is 2. The fraction of sp³-hybridized carbons (Fsp3) is 0.259. The van der Waals surface area contributed by atoms with E-state index in [1.807, 2.05) is 36.7 Å². The Labute approximate surface area is 217 Å². The summed E-state index contributed by atoms with van der Waals surface area (Å²) in [5.74, 6) is -0.660. The zero-order chi connectivity index (χ0) is 25.8. The summed E-state index contributed by atoms with van der Waals surface area (Å²) in [4.78, 5) is 35.2. The number of fused-ring (bicyclic) bond motifs is 1. The summed E-state index contributed by atoms with van der Waals surface area (Å²) >= 11 is 1.56. The molecule has 1 aliphatic carbocycles. The number of pyridine rings is 2. The van der Waals surface area contributed by atoms with Crippen LogP contribution in [-0.2, 0) is 0 Å². The standard InChI is InChI=1S/C27H26FN5O3S/c1-37-21-5-2-4-20(15-21)36-27-23(14-17(28)16-30-27)26(35)32-19-9-7-18(8-10-19)31-25(34)22-6-3-12-33-13-11-29-24(22)33/h2-6,11-16,18-19H,7-10H2,1H3,(H,31,34)(H,32,35). The van der Waals surface area contributed by atoms with Gasteiger partial charge < -0.3 is 19.8 Å². The van der Waals surface area contributed by atoms with Crippen LogP contribution in [-0.4, -0.2) is 44.5 Å². The van der Waals surface area contributed by atoms with Crippen molar-refractivity contribution in [2.24, 2.45) is 0 Å². The number of carbonyl (C=O) groups excluding carboxylic acids is 2. The van der Waals surface area contributed by atoms with Crippen LogP contribution in [0.5, 0.6) is 11.6 Å². The number of hydrogen-bond donors (Lipinski definition) is 2. The molecule has 1 fully saturated rings. The molecule has 1 aromatic carbocycles. The fourth-order valence-electron chi connectivity index (χ4n) is 4.48. The van der Waals surface area contributed by atoms with E-state index in [-0.39, 0.29) is 29.4 Å². The van der Waals surface area contributed by atoms with Gasteiger partial charge in [-0.05, 0) is 68.3 Å². The van der Waals surface area contributed by atoms with Crippen LogP contribution in [0.2, 0.25) is 0 Å². The normalized spacial score (nSPS) is 17.4. The van der Waals surface area contributed by atoms with Crippen molar-refractivity contribution in [3.05, 3.63) is 84.2 Å². The number of halogens is 1. The summed E-state index contributed by atoms with van der Waals surface area (Å²) < 4.78 is 21.6. The van der Waals surface area contributed by atoms with Crippen LogP contribution >= 0.6 is 11.8 Å². The lowest BCUT2D eigenvalue weighted by Gasteiger charge is -2.29. The summed E-state index contributed by atoms with van der Waals surface area (Å²) in [5, 5.41) is 6.07. The van der Waals surface area contributed by atoms with Crippen molar-refractivity contribution in [3.8, 4) is 11.6 Å². The lowest BCUT2D eigenvalue weighted by Crippen LogP contribution is -2.44. The molecule has 1 aliphatic rings. The minimum atomic E-state index is -0.616. The number of amides is 2. The van der Waals surface area contributed by atoms with E-state index in [1.165, 1.54) is 0 Å². The maximum absolute atomic E-state index is 14.0. The first kappa shape index (κ1) is 24.8. The molecule has 0 spiro atoms. The van der Waals surface area contributed by atoms with Gasteiger partial charge >= 0.3 is 0 Å². The molecule has 1 saturated carbocycles. The van der Waals surface area contributed by atoms with Gasteiger partial charge in [-0.3, -0.25) is 9.59 Å². The molecule has 5 rings (SSSR count). The molecule has 0 radical (unpaired) electrons. The molecule has 4 aromatic rings. The first-order valence-corrected chi connectivity index (χ1v) is 13.2. The molecule has 0 unspecified atom stereocenters. The van der Waals surface area contributed by atoms with Crippen LogP contribution in [0.25, 0.3) is 5.65 Å². The molecule has 0 bridgehead atoms. The molecule has 2 N–H and O–H groups in total. The molecule has 0 atom stereocenters. The molecule has 3 aromatic heterocycles. The number of carbonyl (C=O) groups is 2. The first-order chi connectivity index (χ1) is 18.0. The van der Waals surface area contributed by atoms with Gasteiger partial charge in [0.15, 0.2) is 0 Å². The number of nitrogens with zero attached hydrogens (tertiary/aromatic N) is 3. The number of benzene rings is 1. The number of aromatic nitrogens is 3. The average molecular weight is 520 g/mol. The number of hydrogen-bond acceptors (Lipinski definition) is 6. The zero-order valence-electron chi connectivity index (χ0n) is 20.2. The molecule has 10 heteroatoms. The molecule has 8 nitrogen and oxygen atoms in total. The Morgan fingerprint density at radius 2 is 1.70 bits per heavy atom. The second-order valence-corrected chi connectivity index (χ2v) is 9.74. The second kappa shape index (κ2) is 11.0. The van der Waals surface area contributed by atoms with E-state index in [2.05, 4.69) is 20.6 Å². The predicted molar refractivity (Wildman–Crippen MR) is 139 cm³/mol. The van der Waals surface area contributed by atoms with E-state index >= 15 is 0 Å². The third-order valence-electron chi connectivity index (χ3n) is 6.38. The van der Waals surface area contributed by atoms with E-state index in [0.717, 1.165) is 17.2 Å². The molecular formula is C27H26FN5O3S. The van der Waals surface area contributed by atoms with Crippen molar-refractivity contribution in [2.75, 3.05) is 6.26 Å². The summed E-state index contributed by atoms with van der Waals surface area (Å²) in [7, 11) is 0. The maximum Gasteiger partial charge on any atom is 0.257 e. The minimum absolute atomic E-state index is 0.00527. The van der Waals surface area contributed by atoms with E-state index in [0.29, 0.717) is 42.6 Å². The van der Waals surface area contributed by atoms with Crippen molar-refractivity contribution in [1.29, 1.82) is 0 Å². The van der Waals surface area contributed by atoms with Gasteiger partial charge in [0.1, 0.15) is 22.8 Å². The molecule has 190 valence electrons. The maximum atomic E-state index is 14.0. The molecule has 0 saturated heterocycles. The van der Waals surface area contributed by atoms with Crippen LogP contribution in [0, 0.1) is 5.82 Å². The summed E-state index contributed by atoms with van der Waals surface area (Å²) in [6.07, 6.45) is 11.1. The average Bonchev–Trinajstić information content (AvgIpc) is 3.40. The topological polar surface area (TPSA) is 97.6 Å². The number of imidazole rings is 1. The molecule has 3 heterocycles. The smallest absolute Gasteiger partial charge is 0.257 e. The third kappa shape index (κ3) is 5.75. The number of rotatable bonds is 7. The highest BCUT2D eigenvalue weighted by atomic mass is 32.2. The molecule has 2 amide bonds. The van der Waals surface area contributed by atoms with Gasteiger partial charge in [0.05, 0.1) is 11.8 Å². The zero-order valence-corrected chi connectivity index (χ0v) is 21.0. The summed E-state index contributed by atoms with van der Waals surface area (Å²) in [6.45, 7) is 0. The summed E-state index contributed by atoms with van der Waals surface area (Å²) in [5.41, 5.74) is 1.18. The lowest BCUT2D eigenvalue weighted by atomic mass is 9.90. The quantitative estimate of drug-likeness (QED) is 0.339. The van der Waals surface area contributed by atoms with Crippen LogP contribution in [0.3, 0.4) is 0 Å². The monoisotopic (exact) mass is 519 g/mol. The predicted octanol–water partition coefficient (Wildman–Crippen LogP) is 4.85. The third-order valence-corrected chi connectivity index (χ3v) is 7.10. The highest BCUT2D eigenvalue weighted by Gasteiger charge is 2.26. The fourth-order valence-corrected chi connectivity index (χ4v) is 4.93. The van der Waals surface area contributed by atoms with E-state index in [9.17, 15) is 14.0 Å². The van der Waals surface area contributed by atoms with Gasteiger partial charge in [-0.15, -0.1) is 11.8 Å². The Morgan fingerprint density at radius 1 is 0.973 bits per heavy atom. The van der Waals surface area contributed by atoms with Gasteiger partial charge in [0.2, 0.25) is 5.88 Å². The largest absolute Gasteiger partial charge is 0.438 e. The van der Waals surface area contributed by atoms with Gasteiger partial charge in [-0.2, -0.15) is 0 Å². The second-order valence-electron chi connectivity index (χ2n) is 8.86. The summed E-state index contributed by atoms with van der Waals surface area (Å²) in [6, 6.07) is 12.0. The van der Waals surface area contributed by atoms with Crippen molar-refractivity contribution in [1.82, 2.24) is 25.0 Å². The Morgan fingerprint density at radius 3 is 2.43 bits per heavy atom. The van der Waals surface area contributed by atoms with E-state index < -0.39 is 11.7 Å². The van der Waals surface area contributed by atoms with Gasteiger partial charge in [0.25, 0.3) is 11.8 Å². The van der Waals surface area contributed by atoms with E-state index in [4.69, 9.17) is 4.74 Å².